The maximum Gasteiger partial charge on any atom is 0.0520 e. The predicted molar refractivity (Wildman–Crippen MR) is 291 cm³/mol. The van der Waals surface area contributed by atoms with Gasteiger partial charge in [-0.15, -0.1) is 0 Å². The van der Waals surface area contributed by atoms with Crippen molar-refractivity contribution >= 4 is 34.1 Å². The zero-order chi connectivity index (χ0) is 47.4. The van der Waals surface area contributed by atoms with Gasteiger partial charge in [-0.3, -0.25) is 0 Å². The van der Waals surface area contributed by atoms with E-state index in [0.717, 1.165) is 19.3 Å². The molecule has 0 amide bonds. The second-order valence-electron chi connectivity index (χ2n) is 20.3. The van der Waals surface area contributed by atoms with Gasteiger partial charge in [-0.25, -0.2) is 0 Å². The van der Waals surface area contributed by atoms with E-state index in [2.05, 4.69) is 213 Å². The van der Waals surface area contributed by atoms with Crippen molar-refractivity contribution in [3.63, 3.8) is 0 Å². The molecule has 7 aromatic rings. The van der Waals surface area contributed by atoms with Crippen molar-refractivity contribution in [3.8, 4) is 11.1 Å². The SMILES string of the molecule is CCCCCCc1cc(C)cc(C2(C)c3cc(N(c4ccc(C)cc4)c4c(C)cc(CCCC)cc4C)ccc3-c3ccc(N(c4ccc(C)cc4)c4c(C)cc(CCCC)cc4C)cc32)c1. The van der Waals surface area contributed by atoms with E-state index in [1.807, 2.05) is 0 Å². The molecule has 7 aromatic carbocycles. The summed E-state index contributed by atoms with van der Waals surface area (Å²) in [5.41, 5.74) is 27.0. The summed E-state index contributed by atoms with van der Waals surface area (Å²) in [6.07, 6.45) is 13.2. The molecule has 0 saturated carbocycles. The van der Waals surface area contributed by atoms with Crippen molar-refractivity contribution in [2.24, 2.45) is 0 Å². The Bertz CT molecular complexity index is 2630. The Hall–Kier alpha value is -5.86. The van der Waals surface area contributed by atoms with Crippen LogP contribution in [0, 0.1) is 48.5 Å². The molecule has 0 atom stereocenters. The van der Waals surface area contributed by atoms with Crippen LogP contribution >= 0.6 is 0 Å². The zero-order valence-corrected chi connectivity index (χ0v) is 42.8. The molecule has 1 aliphatic carbocycles. The maximum absolute atomic E-state index is 2.55. The van der Waals surface area contributed by atoms with Crippen molar-refractivity contribution in [1.82, 2.24) is 0 Å². The highest BCUT2D eigenvalue weighted by molar-refractivity contribution is 5.91. The van der Waals surface area contributed by atoms with Crippen LogP contribution in [0.4, 0.5) is 34.1 Å². The topological polar surface area (TPSA) is 6.48 Å². The first kappa shape index (κ1) is 47.6. The fourth-order valence-corrected chi connectivity index (χ4v) is 11.2. The number of rotatable bonds is 18. The van der Waals surface area contributed by atoms with Crippen molar-refractivity contribution in [2.45, 2.75) is 152 Å². The first-order chi connectivity index (χ1) is 32.3. The van der Waals surface area contributed by atoms with Crippen LogP contribution in [0.15, 0.2) is 127 Å². The van der Waals surface area contributed by atoms with E-state index < -0.39 is 5.41 Å². The second-order valence-corrected chi connectivity index (χ2v) is 20.3. The minimum absolute atomic E-state index is 0.430. The smallest absolute Gasteiger partial charge is 0.0520 e. The summed E-state index contributed by atoms with van der Waals surface area (Å²) in [4.78, 5) is 5.07. The molecule has 0 unspecified atom stereocenters. The number of anilines is 6. The third kappa shape index (κ3) is 9.78. The highest BCUT2D eigenvalue weighted by atomic mass is 15.2. The fourth-order valence-electron chi connectivity index (χ4n) is 11.2. The molecule has 0 heterocycles. The molecule has 0 aromatic heterocycles. The molecule has 2 heteroatoms. The van der Waals surface area contributed by atoms with Gasteiger partial charge < -0.3 is 9.80 Å². The average Bonchev–Trinajstić information content (AvgIpc) is 3.56. The molecule has 0 N–H and O–H groups in total. The van der Waals surface area contributed by atoms with E-state index in [4.69, 9.17) is 0 Å². The Balaban J connectivity index is 1.35. The van der Waals surface area contributed by atoms with Crippen LogP contribution in [0.25, 0.3) is 11.1 Å². The standard InChI is InChI=1S/C65H76N2/c1-12-15-18-19-22-51-35-46(6)36-54(41-51)65(11)61-42-57(66(55-27-23-44(4)24-28-55)63-47(7)37-52(20-16-13-2)38-48(63)8)31-33-59(61)60-34-32-58(43-62(60)65)67(56-29-25-45(5)26-30-56)64-49(9)39-53(21-17-14-3)40-50(64)10/h23-43H,12-22H2,1-11H3. The summed E-state index contributed by atoms with van der Waals surface area (Å²) in [5, 5.41) is 0. The molecule has 346 valence electrons. The van der Waals surface area contributed by atoms with Gasteiger partial charge in [-0.2, -0.15) is 0 Å². The van der Waals surface area contributed by atoms with Crippen molar-refractivity contribution in [2.75, 3.05) is 9.80 Å². The molecule has 67 heavy (non-hydrogen) atoms. The lowest BCUT2D eigenvalue weighted by atomic mass is 9.73. The van der Waals surface area contributed by atoms with Gasteiger partial charge in [0, 0.05) is 28.2 Å². The first-order valence-corrected chi connectivity index (χ1v) is 25.7. The summed E-state index contributed by atoms with van der Waals surface area (Å²) in [6, 6.07) is 50.2. The van der Waals surface area contributed by atoms with E-state index in [1.54, 1.807) is 0 Å². The van der Waals surface area contributed by atoms with Crippen LogP contribution in [0.1, 0.15) is 151 Å². The molecule has 0 radical (unpaired) electrons. The monoisotopic (exact) mass is 885 g/mol. The van der Waals surface area contributed by atoms with Gasteiger partial charge in [0.05, 0.1) is 11.4 Å². The van der Waals surface area contributed by atoms with E-state index in [1.165, 1.54) is 169 Å². The van der Waals surface area contributed by atoms with Gasteiger partial charge in [0.15, 0.2) is 0 Å². The van der Waals surface area contributed by atoms with Gasteiger partial charge in [-0.1, -0.05) is 148 Å². The van der Waals surface area contributed by atoms with Gasteiger partial charge in [0.2, 0.25) is 0 Å². The molecule has 0 bridgehead atoms. The van der Waals surface area contributed by atoms with Gasteiger partial charge in [-0.05, 0) is 209 Å². The molecule has 0 saturated heterocycles. The molecular weight excluding hydrogens is 809 g/mol. The lowest BCUT2D eigenvalue weighted by Gasteiger charge is -2.34. The molecule has 2 nitrogen and oxygen atoms in total. The number of fused-ring (bicyclic) bond motifs is 3. The summed E-state index contributed by atoms with van der Waals surface area (Å²) < 4.78 is 0. The van der Waals surface area contributed by atoms with Gasteiger partial charge in [0.25, 0.3) is 0 Å². The Morgan fingerprint density at radius 1 is 0.358 bits per heavy atom. The molecule has 0 spiro atoms. The highest BCUT2D eigenvalue weighted by Gasteiger charge is 2.42. The summed E-state index contributed by atoms with van der Waals surface area (Å²) in [6.45, 7) is 25.3. The Labute approximate surface area is 405 Å². The van der Waals surface area contributed by atoms with E-state index >= 15 is 0 Å². The van der Waals surface area contributed by atoms with Crippen LogP contribution in [0.5, 0.6) is 0 Å². The summed E-state index contributed by atoms with van der Waals surface area (Å²) in [5.74, 6) is 0. The predicted octanol–water partition coefficient (Wildman–Crippen LogP) is 18.9. The minimum Gasteiger partial charge on any atom is -0.310 e. The molecule has 0 aliphatic heterocycles. The number of hydrogen-bond donors (Lipinski definition) is 0. The van der Waals surface area contributed by atoms with Crippen molar-refractivity contribution in [3.05, 3.63) is 200 Å². The van der Waals surface area contributed by atoms with E-state index in [-0.39, 0.29) is 0 Å². The third-order valence-corrected chi connectivity index (χ3v) is 14.7. The highest BCUT2D eigenvalue weighted by Crippen LogP contribution is 2.56. The minimum atomic E-state index is -0.430. The average molecular weight is 885 g/mol. The molecular formula is C65H76N2. The second kappa shape index (κ2) is 20.6. The normalized spacial score (nSPS) is 12.6. The van der Waals surface area contributed by atoms with Crippen LogP contribution in [-0.4, -0.2) is 0 Å². The van der Waals surface area contributed by atoms with Crippen LogP contribution in [-0.2, 0) is 24.7 Å². The lowest BCUT2D eigenvalue weighted by Crippen LogP contribution is -2.24. The molecule has 1 aliphatic rings. The Morgan fingerprint density at radius 3 is 1.16 bits per heavy atom. The van der Waals surface area contributed by atoms with Crippen LogP contribution < -0.4 is 9.80 Å². The van der Waals surface area contributed by atoms with E-state index in [0.29, 0.717) is 0 Å². The molecule has 8 rings (SSSR count). The summed E-state index contributed by atoms with van der Waals surface area (Å²) >= 11 is 0. The lowest BCUT2D eigenvalue weighted by molar-refractivity contribution is 0.663. The quantitative estimate of drug-likeness (QED) is 0.0792. The van der Waals surface area contributed by atoms with Crippen LogP contribution in [0.2, 0.25) is 0 Å². The van der Waals surface area contributed by atoms with Crippen LogP contribution in [0.3, 0.4) is 0 Å². The van der Waals surface area contributed by atoms with Gasteiger partial charge >= 0.3 is 0 Å². The Kier molecular flexibility index (Phi) is 14.6. The fraction of sp³-hybridized carbons (Fsp3) is 0.354. The maximum atomic E-state index is 2.55. The zero-order valence-electron chi connectivity index (χ0n) is 42.8. The number of unbranched alkanes of at least 4 members (excludes halogenated alkanes) is 5. The first-order valence-electron chi connectivity index (χ1n) is 25.7. The summed E-state index contributed by atoms with van der Waals surface area (Å²) in [7, 11) is 0. The number of hydrogen-bond acceptors (Lipinski definition) is 2. The van der Waals surface area contributed by atoms with Crippen molar-refractivity contribution < 1.29 is 0 Å². The largest absolute Gasteiger partial charge is 0.310 e. The number of aryl methyl sites for hydroxylation is 10. The van der Waals surface area contributed by atoms with Crippen molar-refractivity contribution in [1.29, 1.82) is 0 Å². The van der Waals surface area contributed by atoms with E-state index in [9.17, 15) is 0 Å². The third-order valence-electron chi connectivity index (χ3n) is 14.7. The molecule has 0 fully saturated rings. The number of benzene rings is 7. The number of nitrogens with zero attached hydrogens (tertiary/aromatic N) is 2. The Morgan fingerprint density at radius 2 is 0.746 bits per heavy atom. The van der Waals surface area contributed by atoms with Gasteiger partial charge in [0.1, 0.15) is 0 Å².